The molecule has 4 atom stereocenters. The van der Waals surface area contributed by atoms with Crippen LogP contribution in [-0.4, -0.2) is 40.9 Å². The number of halogens is 5. The predicted octanol–water partition coefficient (Wildman–Crippen LogP) is 6.04. The molecule has 1 aliphatic heterocycles. The molecular formula is C28H28F5N3O3S. The fraction of sp³-hybridized carbons (Fsp3) is 0.357. The fourth-order valence-corrected chi connectivity index (χ4v) is 7.18. The van der Waals surface area contributed by atoms with E-state index in [4.69, 9.17) is 0 Å². The highest BCUT2D eigenvalue weighted by atomic mass is 32.2. The number of alkyl halides is 3. The molecule has 0 spiro atoms. The molecule has 0 radical (unpaired) electrons. The molecule has 0 saturated heterocycles. The number of hydrogen-bond acceptors (Lipinski definition) is 5. The van der Waals surface area contributed by atoms with Crippen molar-refractivity contribution in [2.24, 2.45) is 4.36 Å². The number of nitrogens with one attached hydrogen (secondary N) is 1. The standard InChI is InChI=1S/C28H28F5N3O3S/c1-34-40(38,22-11-9-21(10-12-22)39-28(31,32)33)35-23-3-2-4-26(27(23)37)36-24-13-7-19(29)15-17(24)5-6-18-16-20(30)8-14-25(18)36/h7-16,23,26-27,37H,2-6H2,1H3,(H,34,35,38). The maximum absolute atomic E-state index is 14.2. The van der Waals surface area contributed by atoms with Gasteiger partial charge in [0.05, 0.1) is 17.0 Å². The van der Waals surface area contributed by atoms with Crippen LogP contribution in [0.1, 0.15) is 30.4 Å². The molecular weight excluding hydrogens is 553 g/mol. The summed E-state index contributed by atoms with van der Waals surface area (Å²) in [6.45, 7) is 0. The summed E-state index contributed by atoms with van der Waals surface area (Å²) in [6.07, 6.45) is -3.30. The van der Waals surface area contributed by atoms with Gasteiger partial charge in [-0.05, 0) is 104 Å². The van der Waals surface area contributed by atoms with Crippen LogP contribution in [0.15, 0.2) is 69.9 Å². The van der Waals surface area contributed by atoms with Gasteiger partial charge >= 0.3 is 6.36 Å². The molecule has 1 fully saturated rings. The second-order valence-corrected chi connectivity index (χ2v) is 12.0. The van der Waals surface area contributed by atoms with E-state index in [0.29, 0.717) is 43.5 Å². The van der Waals surface area contributed by atoms with Gasteiger partial charge in [-0.3, -0.25) is 0 Å². The molecule has 3 aromatic rings. The normalized spacial score (nSPS) is 22.5. The quantitative estimate of drug-likeness (QED) is 0.360. The van der Waals surface area contributed by atoms with E-state index in [1.807, 2.05) is 4.90 Å². The first-order valence-electron chi connectivity index (χ1n) is 12.8. The van der Waals surface area contributed by atoms with Gasteiger partial charge in [0.15, 0.2) is 0 Å². The second kappa shape index (κ2) is 11.0. The molecule has 6 nitrogen and oxygen atoms in total. The maximum Gasteiger partial charge on any atom is 0.573 e. The molecule has 5 rings (SSSR count). The van der Waals surface area contributed by atoms with Crippen molar-refractivity contribution in [2.75, 3.05) is 11.9 Å². The summed E-state index contributed by atoms with van der Waals surface area (Å²) >= 11 is 0. The Bertz CT molecular complexity index is 1450. The number of anilines is 2. The van der Waals surface area contributed by atoms with Crippen LogP contribution in [-0.2, 0) is 22.8 Å². The lowest BCUT2D eigenvalue weighted by molar-refractivity contribution is -0.274. The first-order chi connectivity index (χ1) is 19.0. The van der Waals surface area contributed by atoms with Crippen molar-refractivity contribution in [2.45, 2.75) is 61.5 Å². The van der Waals surface area contributed by atoms with Crippen LogP contribution in [0, 0.1) is 11.6 Å². The first-order valence-corrected chi connectivity index (χ1v) is 14.3. The van der Waals surface area contributed by atoms with Crippen LogP contribution in [0.4, 0.5) is 33.3 Å². The van der Waals surface area contributed by atoms with Crippen molar-refractivity contribution in [1.29, 1.82) is 0 Å². The van der Waals surface area contributed by atoms with Gasteiger partial charge in [0.1, 0.15) is 27.3 Å². The molecule has 1 saturated carbocycles. The van der Waals surface area contributed by atoms with E-state index in [1.54, 1.807) is 12.1 Å². The molecule has 4 unspecified atom stereocenters. The molecule has 1 heterocycles. The van der Waals surface area contributed by atoms with Crippen LogP contribution in [0.3, 0.4) is 0 Å². The largest absolute Gasteiger partial charge is 0.573 e. The zero-order chi connectivity index (χ0) is 28.7. The highest BCUT2D eigenvalue weighted by molar-refractivity contribution is 7.91. The van der Waals surface area contributed by atoms with Crippen molar-refractivity contribution in [1.82, 2.24) is 4.72 Å². The van der Waals surface area contributed by atoms with E-state index < -0.39 is 51.8 Å². The Balaban J connectivity index is 1.46. The zero-order valence-electron chi connectivity index (χ0n) is 21.5. The monoisotopic (exact) mass is 581 g/mol. The summed E-state index contributed by atoms with van der Waals surface area (Å²) < 4.78 is 90.7. The zero-order valence-corrected chi connectivity index (χ0v) is 22.3. The minimum absolute atomic E-state index is 0.135. The average Bonchev–Trinajstić information content (AvgIpc) is 3.05. The lowest BCUT2D eigenvalue weighted by Crippen LogP contribution is -2.55. The molecule has 0 amide bonds. The number of ether oxygens (including phenoxy) is 1. The van der Waals surface area contributed by atoms with Crippen LogP contribution >= 0.6 is 0 Å². The number of fused-ring (bicyclic) bond motifs is 2. The summed E-state index contributed by atoms with van der Waals surface area (Å²) in [6, 6.07) is 12.3. The summed E-state index contributed by atoms with van der Waals surface area (Å²) in [5.41, 5.74) is 2.87. The number of aliphatic hydroxyl groups excluding tert-OH is 1. The Labute approximate surface area is 229 Å². The van der Waals surface area contributed by atoms with Crippen molar-refractivity contribution in [3.8, 4) is 5.75 Å². The van der Waals surface area contributed by atoms with Gasteiger partial charge in [-0.2, -0.15) is 0 Å². The molecule has 2 aliphatic rings. The molecule has 0 bridgehead atoms. The molecule has 12 heteroatoms. The van der Waals surface area contributed by atoms with Gasteiger partial charge in [0, 0.05) is 24.5 Å². The fourth-order valence-electron chi connectivity index (χ4n) is 5.56. The Morgan fingerprint density at radius 1 is 0.950 bits per heavy atom. The van der Waals surface area contributed by atoms with Crippen molar-refractivity contribution in [3.05, 3.63) is 83.4 Å². The number of aryl methyl sites for hydroxylation is 2. The lowest BCUT2D eigenvalue weighted by Gasteiger charge is -2.43. The summed E-state index contributed by atoms with van der Waals surface area (Å²) in [5.74, 6) is -1.25. The number of nitrogens with zero attached hydrogens (tertiary/aromatic N) is 2. The van der Waals surface area contributed by atoms with Gasteiger partial charge in [0.2, 0.25) is 0 Å². The molecule has 214 valence electrons. The third-order valence-corrected chi connectivity index (χ3v) is 9.41. The Morgan fingerprint density at radius 2 is 1.52 bits per heavy atom. The molecule has 1 aliphatic carbocycles. The smallest absolute Gasteiger partial charge is 0.406 e. The van der Waals surface area contributed by atoms with Crippen molar-refractivity contribution >= 4 is 21.3 Å². The number of hydrogen-bond donors (Lipinski definition) is 2. The van der Waals surface area contributed by atoms with Crippen molar-refractivity contribution < 1.29 is 36.0 Å². The Kier molecular flexibility index (Phi) is 7.77. The Morgan fingerprint density at radius 3 is 2.05 bits per heavy atom. The number of aliphatic hydroxyl groups is 1. The van der Waals surface area contributed by atoms with Crippen LogP contribution in [0.25, 0.3) is 0 Å². The van der Waals surface area contributed by atoms with E-state index in [-0.39, 0.29) is 4.90 Å². The molecule has 40 heavy (non-hydrogen) atoms. The SMILES string of the molecule is CN=S(=O)(NC1CCCC(N2c3ccc(F)cc3CCc3cc(F)ccc32)C1O)c1ccc(OC(F)(F)F)cc1. The predicted molar refractivity (Wildman–Crippen MR) is 141 cm³/mol. The van der Waals surface area contributed by atoms with Crippen LogP contribution < -0.4 is 14.4 Å². The van der Waals surface area contributed by atoms with Gasteiger partial charge in [-0.25, -0.2) is 22.1 Å². The number of rotatable bonds is 5. The molecule has 0 aromatic heterocycles. The Hall–Kier alpha value is -3.22. The summed E-state index contributed by atoms with van der Waals surface area (Å²) in [7, 11) is -2.01. The molecule has 3 aromatic carbocycles. The third-order valence-electron chi connectivity index (χ3n) is 7.36. The topological polar surface area (TPSA) is 74.2 Å². The lowest BCUT2D eigenvalue weighted by atomic mass is 9.86. The third kappa shape index (κ3) is 5.79. The minimum Gasteiger partial charge on any atom is -0.406 e. The highest BCUT2D eigenvalue weighted by Crippen LogP contribution is 2.41. The van der Waals surface area contributed by atoms with Gasteiger partial charge in [-0.15, -0.1) is 13.2 Å². The van der Waals surface area contributed by atoms with Crippen LogP contribution in [0.2, 0.25) is 0 Å². The van der Waals surface area contributed by atoms with Gasteiger partial charge in [-0.1, -0.05) is 0 Å². The van der Waals surface area contributed by atoms with Crippen LogP contribution in [0.5, 0.6) is 5.75 Å². The van der Waals surface area contributed by atoms with E-state index >= 15 is 0 Å². The highest BCUT2D eigenvalue weighted by Gasteiger charge is 2.40. The van der Waals surface area contributed by atoms with Crippen molar-refractivity contribution in [3.63, 3.8) is 0 Å². The second-order valence-electron chi connectivity index (χ2n) is 9.86. The molecule has 2 N–H and O–H groups in total. The average molecular weight is 582 g/mol. The van der Waals surface area contributed by atoms with E-state index in [1.165, 1.54) is 43.4 Å². The van der Waals surface area contributed by atoms with Gasteiger partial charge < -0.3 is 14.7 Å². The van der Waals surface area contributed by atoms with E-state index in [2.05, 4.69) is 13.8 Å². The van der Waals surface area contributed by atoms with Gasteiger partial charge in [0.25, 0.3) is 0 Å². The van der Waals surface area contributed by atoms with E-state index in [0.717, 1.165) is 23.3 Å². The maximum atomic E-state index is 14.2. The van der Waals surface area contributed by atoms with E-state index in [9.17, 15) is 31.3 Å². The summed E-state index contributed by atoms with van der Waals surface area (Å²) in [5, 5.41) is 11.6. The number of benzene rings is 3. The minimum atomic E-state index is -4.86. The first kappa shape index (κ1) is 28.3. The summed E-state index contributed by atoms with van der Waals surface area (Å²) in [4.78, 5) is 2.05.